The molecular formula is C9H15NO2. The van der Waals surface area contributed by atoms with Crippen molar-refractivity contribution in [2.45, 2.75) is 12.8 Å². The summed E-state index contributed by atoms with van der Waals surface area (Å²) < 4.78 is 4.80. The molecule has 3 nitrogen and oxygen atoms in total. The normalized spacial score (nSPS) is 39.6. The summed E-state index contributed by atoms with van der Waals surface area (Å²) in [5.74, 6) is 1.27. The number of hydrogen-bond donors (Lipinski definition) is 1. The van der Waals surface area contributed by atoms with Crippen LogP contribution in [0.3, 0.4) is 0 Å². The van der Waals surface area contributed by atoms with Crippen molar-refractivity contribution in [2.75, 3.05) is 20.2 Å². The molecule has 0 unspecified atom stereocenters. The number of hydrogen-bond acceptors (Lipinski definition) is 3. The third-order valence-electron chi connectivity index (χ3n) is 3.21. The highest BCUT2D eigenvalue weighted by Crippen LogP contribution is 2.39. The van der Waals surface area contributed by atoms with Gasteiger partial charge in [-0.15, -0.1) is 0 Å². The summed E-state index contributed by atoms with van der Waals surface area (Å²) in [6, 6.07) is 0. The van der Waals surface area contributed by atoms with Gasteiger partial charge in [-0.3, -0.25) is 4.79 Å². The van der Waals surface area contributed by atoms with Crippen molar-refractivity contribution < 1.29 is 9.53 Å². The lowest BCUT2D eigenvalue weighted by Crippen LogP contribution is -2.42. The van der Waals surface area contributed by atoms with Crippen molar-refractivity contribution in [3.63, 3.8) is 0 Å². The minimum absolute atomic E-state index is 0.00370. The number of methoxy groups -OCH3 is 1. The van der Waals surface area contributed by atoms with Gasteiger partial charge in [0.05, 0.1) is 13.0 Å². The maximum atomic E-state index is 11.4. The molecule has 2 fully saturated rings. The molecule has 2 aliphatic rings. The smallest absolute Gasteiger partial charge is 0.309 e. The number of carbonyl (C=O) groups excluding carboxylic acids is 1. The Labute approximate surface area is 72.5 Å². The zero-order valence-electron chi connectivity index (χ0n) is 7.38. The van der Waals surface area contributed by atoms with Gasteiger partial charge >= 0.3 is 5.97 Å². The summed E-state index contributed by atoms with van der Waals surface area (Å²) in [6.45, 7) is 1.99. The highest BCUT2D eigenvalue weighted by atomic mass is 16.5. The van der Waals surface area contributed by atoms with Crippen molar-refractivity contribution in [1.82, 2.24) is 5.32 Å². The lowest BCUT2D eigenvalue weighted by atomic mass is 9.86. The van der Waals surface area contributed by atoms with Gasteiger partial charge in [0.25, 0.3) is 0 Å². The van der Waals surface area contributed by atoms with E-state index in [1.54, 1.807) is 0 Å². The summed E-state index contributed by atoms with van der Waals surface area (Å²) >= 11 is 0. The van der Waals surface area contributed by atoms with Gasteiger partial charge in [-0.05, 0) is 37.8 Å². The van der Waals surface area contributed by atoms with E-state index in [2.05, 4.69) is 5.32 Å². The average Bonchev–Trinajstić information content (AvgIpc) is 2.35. The predicted molar refractivity (Wildman–Crippen MR) is 44.6 cm³/mol. The summed E-state index contributed by atoms with van der Waals surface area (Å²) in [5, 5.41) is 3.35. The van der Waals surface area contributed by atoms with E-state index >= 15 is 0 Å². The number of rotatable bonds is 1. The zero-order valence-corrected chi connectivity index (χ0v) is 7.38. The number of ether oxygens (including phenoxy) is 1. The summed E-state index contributed by atoms with van der Waals surface area (Å²) in [5.41, 5.74) is 0. The van der Waals surface area contributed by atoms with Crippen molar-refractivity contribution in [3.8, 4) is 0 Å². The fraction of sp³-hybridized carbons (Fsp3) is 0.889. The molecule has 2 rings (SSSR count). The molecule has 0 aromatic rings. The molecule has 0 aromatic carbocycles. The molecule has 1 saturated carbocycles. The van der Waals surface area contributed by atoms with Crippen molar-refractivity contribution >= 4 is 5.97 Å². The van der Waals surface area contributed by atoms with Crippen LogP contribution in [0.4, 0.5) is 0 Å². The number of carbonyl (C=O) groups is 1. The van der Waals surface area contributed by atoms with E-state index in [9.17, 15) is 4.79 Å². The molecule has 1 heterocycles. The van der Waals surface area contributed by atoms with Crippen LogP contribution in [0.15, 0.2) is 0 Å². The van der Waals surface area contributed by atoms with E-state index in [4.69, 9.17) is 4.74 Å². The van der Waals surface area contributed by atoms with Crippen LogP contribution in [0.2, 0.25) is 0 Å². The quantitative estimate of drug-likeness (QED) is 0.578. The van der Waals surface area contributed by atoms with Crippen LogP contribution in [0.25, 0.3) is 0 Å². The van der Waals surface area contributed by atoms with Gasteiger partial charge in [-0.1, -0.05) is 0 Å². The molecule has 0 spiro atoms. The molecular weight excluding hydrogens is 154 g/mol. The monoisotopic (exact) mass is 169 g/mol. The van der Waals surface area contributed by atoms with Gasteiger partial charge in [0.15, 0.2) is 0 Å². The Morgan fingerprint density at radius 1 is 1.33 bits per heavy atom. The Bertz CT molecular complexity index is 177. The first kappa shape index (κ1) is 8.05. The molecule has 1 aliphatic carbocycles. The van der Waals surface area contributed by atoms with Crippen LogP contribution < -0.4 is 5.32 Å². The van der Waals surface area contributed by atoms with E-state index in [1.165, 1.54) is 20.0 Å². The Hall–Kier alpha value is -0.570. The predicted octanol–water partition coefficient (Wildman–Crippen LogP) is 0.405. The fourth-order valence-electron chi connectivity index (χ4n) is 2.61. The SMILES string of the molecule is COC(=O)C1[C@@H]2CC[C@@H]1CNC2. The van der Waals surface area contributed by atoms with Crippen LogP contribution in [0.1, 0.15) is 12.8 Å². The molecule has 1 saturated heterocycles. The third kappa shape index (κ3) is 1.12. The minimum Gasteiger partial charge on any atom is -0.469 e. The van der Waals surface area contributed by atoms with E-state index < -0.39 is 0 Å². The Balaban J connectivity index is 2.10. The lowest BCUT2D eigenvalue weighted by molar-refractivity contribution is -0.148. The molecule has 1 aliphatic heterocycles. The second-order valence-electron chi connectivity index (χ2n) is 3.80. The molecule has 2 atom stereocenters. The first-order valence-corrected chi connectivity index (χ1v) is 4.61. The fourth-order valence-corrected chi connectivity index (χ4v) is 2.61. The van der Waals surface area contributed by atoms with Crippen LogP contribution in [0.5, 0.6) is 0 Å². The number of esters is 1. The second-order valence-corrected chi connectivity index (χ2v) is 3.80. The van der Waals surface area contributed by atoms with Crippen LogP contribution >= 0.6 is 0 Å². The highest BCUT2D eigenvalue weighted by Gasteiger charge is 2.43. The maximum absolute atomic E-state index is 11.4. The summed E-state index contributed by atoms with van der Waals surface area (Å²) in [4.78, 5) is 11.4. The molecule has 12 heavy (non-hydrogen) atoms. The molecule has 0 amide bonds. The first-order valence-electron chi connectivity index (χ1n) is 4.61. The molecule has 2 bridgehead atoms. The number of nitrogens with one attached hydrogen (secondary N) is 1. The van der Waals surface area contributed by atoms with Gasteiger partial charge in [0.1, 0.15) is 0 Å². The molecule has 3 heteroatoms. The molecule has 1 N–H and O–H groups in total. The molecule has 0 radical (unpaired) electrons. The topological polar surface area (TPSA) is 38.3 Å². The second kappa shape index (κ2) is 3.05. The van der Waals surface area contributed by atoms with Gasteiger partial charge in [-0.25, -0.2) is 0 Å². The van der Waals surface area contributed by atoms with Crippen molar-refractivity contribution in [1.29, 1.82) is 0 Å². The Morgan fingerprint density at radius 3 is 2.42 bits per heavy atom. The third-order valence-corrected chi connectivity index (χ3v) is 3.21. The van der Waals surface area contributed by atoms with Crippen molar-refractivity contribution in [2.24, 2.45) is 17.8 Å². The minimum atomic E-state index is 0.00370. The highest BCUT2D eigenvalue weighted by molar-refractivity contribution is 5.73. The zero-order chi connectivity index (χ0) is 8.55. The van der Waals surface area contributed by atoms with Gasteiger partial charge < -0.3 is 10.1 Å². The lowest BCUT2D eigenvalue weighted by Gasteiger charge is -2.28. The van der Waals surface area contributed by atoms with Crippen LogP contribution in [-0.2, 0) is 9.53 Å². The van der Waals surface area contributed by atoms with Gasteiger partial charge in [-0.2, -0.15) is 0 Å². The van der Waals surface area contributed by atoms with Crippen LogP contribution in [-0.4, -0.2) is 26.2 Å². The Morgan fingerprint density at radius 2 is 1.92 bits per heavy atom. The Kier molecular flexibility index (Phi) is 2.05. The standard InChI is InChI=1S/C9H15NO2/c1-12-9(11)8-6-2-3-7(8)5-10-4-6/h6-8,10H,2-5H2,1H3/t6-,7-/m1/s1. The summed E-state index contributed by atoms with van der Waals surface area (Å²) in [6.07, 6.45) is 2.38. The largest absolute Gasteiger partial charge is 0.469 e. The van der Waals surface area contributed by atoms with E-state index in [-0.39, 0.29) is 11.9 Å². The number of piperidine rings is 1. The first-order chi connectivity index (χ1) is 5.83. The van der Waals surface area contributed by atoms with E-state index in [0.717, 1.165) is 13.1 Å². The van der Waals surface area contributed by atoms with Gasteiger partial charge in [0, 0.05) is 0 Å². The molecule has 0 aromatic heterocycles. The number of fused-ring (bicyclic) bond motifs is 2. The molecule has 68 valence electrons. The summed E-state index contributed by atoms with van der Waals surface area (Å²) in [7, 11) is 1.49. The average molecular weight is 169 g/mol. The van der Waals surface area contributed by atoms with Gasteiger partial charge in [0.2, 0.25) is 0 Å². The van der Waals surface area contributed by atoms with E-state index in [0.29, 0.717) is 11.8 Å². The maximum Gasteiger partial charge on any atom is 0.309 e. The van der Waals surface area contributed by atoms with Crippen molar-refractivity contribution in [3.05, 3.63) is 0 Å². The van der Waals surface area contributed by atoms with Crippen LogP contribution in [0, 0.1) is 17.8 Å². The van der Waals surface area contributed by atoms with E-state index in [1.807, 2.05) is 0 Å².